The molecule has 0 radical (unpaired) electrons. The van der Waals surface area contributed by atoms with Crippen molar-refractivity contribution in [3.63, 3.8) is 0 Å². The molecule has 1 aliphatic heterocycles. The van der Waals surface area contributed by atoms with Crippen molar-refractivity contribution in [1.82, 2.24) is 5.32 Å². The van der Waals surface area contributed by atoms with E-state index in [0.29, 0.717) is 19.5 Å². The Hall–Kier alpha value is -1.55. The molecule has 0 spiro atoms. The van der Waals surface area contributed by atoms with Gasteiger partial charge in [0.25, 0.3) is 5.91 Å². The van der Waals surface area contributed by atoms with Crippen LogP contribution >= 0.6 is 0 Å². The smallest absolute Gasteiger partial charge is 0.261 e. The standard InChI is InChI=1S/C16H24N2O2/c1-3-16(4-2,10-17)11-18-15(19)14-9-12-7-5-6-8-13(12)20-14/h5-8,14H,3-4,9-11,17H2,1-2H3,(H,18,19). The van der Waals surface area contributed by atoms with Gasteiger partial charge >= 0.3 is 0 Å². The Bertz CT molecular complexity index is 436. The molecule has 0 saturated carbocycles. The molecule has 0 saturated heterocycles. The summed E-state index contributed by atoms with van der Waals surface area (Å²) in [5.41, 5.74) is 6.96. The van der Waals surface area contributed by atoms with Gasteiger partial charge in [-0.25, -0.2) is 0 Å². The van der Waals surface area contributed by atoms with Gasteiger partial charge in [-0.05, 0) is 36.4 Å². The first kappa shape index (κ1) is 14.9. The molecule has 4 heteroatoms. The molecule has 2 rings (SSSR count). The molecule has 20 heavy (non-hydrogen) atoms. The Labute approximate surface area is 120 Å². The highest BCUT2D eigenvalue weighted by Gasteiger charge is 2.31. The van der Waals surface area contributed by atoms with Crippen LogP contribution in [-0.4, -0.2) is 25.1 Å². The Morgan fingerprint density at radius 1 is 1.40 bits per heavy atom. The minimum Gasteiger partial charge on any atom is -0.480 e. The molecule has 0 fully saturated rings. The Kier molecular flexibility index (Phi) is 4.65. The topological polar surface area (TPSA) is 64.3 Å². The Balaban J connectivity index is 1.91. The minimum absolute atomic E-state index is 0.00111. The van der Waals surface area contributed by atoms with Gasteiger partial charge in [0.05, 0.1) is 0 Å². The monoisotopic (exact) mass is 276 g/mol. The second kappa shape index (κ2) is 6.27. The number of carbonyl (C=O) groups excluding carboxylic acids is 1. The van der Waals surface area contributed by atoms with Crippen LogP contribution in [0.5, 0.6) is 5.75 Å². The molecule has 1 amide bonds. The first-order valence-electron chi connectivity index (χ1n) is 7.36. The number of amides is 1. The van der Waals surface area contributed by atoms with Gasteiger partial charge in [-0.3, -0.25) is 4.79 Å². The summed E-state index contributed by atoms with van der Waals surface area (Å²) in [5.74, 6) is 0.782. The van der Waals surface area contributed by atoms with Gasteiger partial charge in [0.2, 0.25) is 0 Å². The molecule has 0 aliphatic carbocycles. The number of nitrogens with two attached hydrogens (primary N) is 1. The zero-order valence-corrected chi connectivity index (χ0v) is 12.3. The highest BCUT2D eigenvalue weighted by molar-refractivity contribution is 5.82. The molecule has 1 aliphatic rings. The molecule has 4 nitrogen and oxygen atoms in total. The number of hydrogen-bond acceptors (Lipinski definition) is 3. The fraction of sp³-hybridized carbons (Fsp3) is 0.562. The number of carbonyl (C=O) groups is 1. The number of nitrogens with one attached hydrogen (secondary N) is 1. The van der Waals surface area contributed by atoms with Gasteiger partial charge in [0.1, 0.15) is 5.75 Å². The molecule has 1 heterocycles. The maximum Gasteiger partial charge on any atom is 0.261 e. The molecular formula is C16H24N2O2. The molecule has 110 valence electrons. The van der Waals surface area contributed by atoms with E-state index < -0.39 is 6.10 Å². The van der Waals surface area contributed by atoms with Gasteiger partial charge in [-0.2, -0.15) is 0 Å². The van der Waals surface area contributed by atoms with E-state index in [1.54, 1.807) is 0 Å². The van der Waals surface area contributed by atoms with Crippen LogP contribution < -0.4 is 15.8 Å². The second-order valence-electron chi connectivity index (χ2n) is 5.55. The fourth-order valence-electron chi connectivity index (χ4n) is 2.58. The summed E-state index contributed by atoms with van der Waals surface area (Å²) >= 11 is 0. The van der Waals surface area contributed by atoms with E-state index in [2.05, 4.69) is 19.2 Å². The summed E-state index contributed by atoms with van der Waals surface area (Å²) in [5, 5.41) is 3.01. The molecule has 1 aromatic carbocycles. The van der Waals surface area contributed by atoms with E-state index in [-0.39, 0.29) is 11.3 Å². The molecule has 1 aromatic rings. The quantitative estimate of drug-likeness (QED) is 0.833. The van der Waals surface area contributed by atoms with Crippen LogP contribution in [0.25, 0.3) is 0 Å². The van der Waals surface area contributed by atoms with Gasteiger partial charge in [-0.1, -0.05) is 32.0 Å². The average molecular weight is 276 g/mol. The lowest BCUT2D eigenvalue weighted by atomic mass is 9.82. The lowest BCUT2D eigenvalue weighted by molar-refractivity contribution is -0.127. The van der Waals surface area contributed by atoms with Gasteiger partial charge in [0.15, 0.2) is 6.10 Å². The van der Waals surface area contributed by atoms with E-state index in [4.69, 9.17) is 10.5 Å². The van der Waals surface area contributed by atoms with Crippen LogP contribution in [0.2, 0.25) is 0 Å². The highest BCUT2D eigenvalue weighted by atomic mass is 16.5. The largest absolute Gasteiger partial charge is 0.480 e. The van der Waals surface area contributed by atoms with Crippen molar-refractivity contribution in [3.8, 4) is 5.75 Å². The number of para-hydroxylation sites is 1. The van der Waals surface area contributed by atoms with Crippen LogP contribution in [0.3, 0.4) is 0 Å². The van der Waals surface area contributed by atoms with Crippen LogP contribution in [0, 0.1) is 5.41 Å². The number of benzene rings is 1. The number of ether oxygens (including phenoxy) is 1. The zero-order chi connectivity index (χ0) is 14.6. The van der Waals surface area contributed by atoms with Crippen molar-refractivity contribution in [2.45, 2.75) is 39.2 Å². The van der Waals surface area contributed by atoms with Gasteiger partial charge in [-0.15, -0.1) is 0 Å². The van der Waals surface area contributed by atoms with E-state index in [9.17, 15) is 4.79 Å². The normalized spacial score (nSPS) is 17.4. The van der Waals surface area contributed by atoms with E-state index in [1.807, 2.05) is 24.3 Å². The summed E-state index contributed by atoms with van der Waals surface area (Å²) < 4.78 is 5.69. The number of fused-ring (bicyclic) bond motifs is 1. The predicted molar refractivity (Wildman–Crippen MR) is 79.6 cm³/mol. The van der Waals surface area contributed by atoms with Crippen molar-refractivity contribution in [2.75, 3.05) is 13.1 Å². The number of hydrogen-bond donors (Lipinski definition) is 2. The van der Waals surface area contributed by atoms with E-state index >= 15 is 0 Å². The lowest BCUT2D eigenvalue weighted by Gasteiger charge is -2.30. The van der Waals surface area contributed by atoms with Crippen molar-refractivity contribution in [1.29, 1.82) is 0 Å². The lowest BCUT2D eigenvalue weighted by Crippen LogP contribution is -2.46. The van der Waals surface area contributed by atoms with Crippen LogP contribution in [-0.2, 0) is 11.2 Å². The first-order chi connectivity index (χ1) is 9.64. The van der Waals surface area contributed by atoms with Crippen molar-refractivity contribution >= 4 is 5.91 Å². The van der Waals surface area contributed by atoms with E-state index in [1.165, 1.54) is 0 Å². The Morgan fingerprint density at radius 3 is 2.70 bits per heavy atom. The average Bonchev–Trinajstić information content (AvgIpc) is 2.93. The van der Waals surface area contributed by atoms with Crippen LogP contribution in [0.1, 0.15) is 32.3 Å². The molecule has 1 unspecified atom stereocenters. The predicted octanol–water partition coefficient (Wildman–Crippen LogP) is 1.87. The van der Waals surface area contributed by atoms with Gasteiger partial charge in [0, 0.05) is 13.0 Å². The zero-order valence-electron chi connectivity index (χ0n) is 12.3. The molecule has 3 N–H and O–H groups in total. The maximum absolute atomic E-state index is 12.2. The Morgan fingerprint density at radius 2 is 2.10 bits per heavy atom. The first-order valence-corrected chi connectivity index (χ1v) is 7.36. The summed E-state index contributed by atoms with van der Waals surface area (Å²) in [6.07, 6.45) is 2.17. The molecule has 0 bridgehead atoms. The third-order valence-corrected chi connectivity index (χ3v) is 4.51. The summed E-state index contributed by atoms with van der Waals surface area (Å²) in [6, 6.07) is 7.80. The third-order valence-electron chi connectivity index (χ3n) is 4.51. The van der Waals surface area contributed by atoms with Gasteiger partial charge < -0.3 is 15.8 Å². The SMILES string of the molecule is CCC(CC)(CN)CNC(=O)C1Cc2ccccc2O1. The molecular weight excluding hydrogens is 252 g/mol. The highest BCUT2D eigenvalue weighted by Crippen LogP contribution is 2.28. The maximum atomic E-state index is 12.2. The molecule has 0 aromatic heterocycles. The third kappa shape index (κ3) is 2.96. The summed E-state index contributed by atoms with van der Waals surface area (Å²) in [7, 11) is 0. The summed E-state index contributed by atoms with van der Waals surface area (Å²) in [4.78, 5) is 12.2. The van der Waals surface area contributed by atoms with Crippen molar-refractivity contribution < 1.29 is 9.53 Å². The van der Waals surface area contributed by atoms with Crippen molar-refractivity contribution in [3.05, 3.63) is 29.8 Å². The van der Waals surface area contributed by atoms with Crippen LogP contribution in [0.15, 0.2) is 24.3 Å². The fourth-order valence-corrected chi connectivity index (χ4v) is 2.58. The minimum atomic E-state index is -0.406. The molecule has 1 atom stereocenters. The summed E-state index contributed by atoms with van der Waals surface area (Å²) in [6.45, 7) is 5.44. The number of rotatable bonds is 6. The van der Waals surface area contributed by atoms with Crippen LogP contribution in [0.4, 0.5) is 0 Å². The second-order valence-corrected chi connectivity index (χ2v) is 5.55. The van der Waals surface area contributed by atoms with Crippen molar-refractivity contribution in [2.24, 2.45) is 11.1 Å². The van der Waals surface area contributed by atoms with E-state index in [0.717, 1.165) is 24.2 Å².